The highest BCUT2D eigenvalue weighted by Gasteiger charge is 2.25. The molecular weight excluding hydrogens is 186 g/mol. The molecule has 0 rings (SSSR count). The topological polar surface area (TPSA) is 90.6 Å². The Labute approximate surface area is 82.2 Å². The predicted molar refractivity (Wildman–Crippen MR) is 48.0 cm³/mol. The average molecular weight is 199 g/mol. The Hall–Kier alpha value is -1.38. The Bertz CT molecular complexity index is 262. The normalized spacial score (nSPS) is 10.4. The van der Waals surface area contributed by atoms with Crippen LogP contribution in [-0.2, 0) is 9.53 Å². The Kier molecular flexibility index (Phi) is 4.84. The smallest absolute Gasteiger partial charge is 0.348 e. The number of carbonyl (C=O) groups is 1. The van der Waals surface area contributed by atoms with E-state index in [0.717, 1.165) is 0 Å². The van der Waals surface area contributed by atoms with Crippen LogP contribution in [0.2, 0.25) is 0 Å². The molecule has 0 saturated carbocycles. The summed E-state index contributed by atoms with van der Waals surface area (Å²) >= 11 is 0. The van der Waals surface area contributed by atoms with E-state index in [-0.39, 0.29) is 25.4 Å². The number of nitrogens with zero attached hydrogens (tertiary/aromatic N) is 1. The Morgan fingerprint density at radius 2 is 2.07 bits per heavy atom. The van der Waals surface area contributed by atoms with Gasteiger partial charge < -0.3 is 14.9 Å². The first kappa shape index (κ1) is 12.6. The molecule has 5 nitrogen and oxygen atoms in total. The van der Waals surface area contributed by atoms with Crippen LogP contribution in [0.1, 0.15) is 6.92 Å². The van der Waals surface area contributed by atoms with Gasteiger partial charge in [0.05, 0.1) is 13.2 Å². The van der Waals surface area contributed by atoms with E-state index in [2.05, 4.69) is 11.3 Å². The molecule has 0 aliphatic rings. The Morgan fingerprint density at radius 1 is 1.57 bits per heavy atom. The third-order valence-electron chi connectivity index (χ3n) is 1.70. The maximum absolute atomic E-state index is 10.9. The van der Waals surface area contributed by atoms with Crippen LogP contribution in [0.5, 0.6) is 0 Å². The molecule has 0 fully saturated rings. The highest BCUT2D eigenvalue weighted by atomic mass is 16.5. The standard InChI is InChI=1S/C9H13NO4/c1-7(3-10)8(13)14-6-9(2,4-11)5-12/h11-12H,1,4-6H2,2H3. The van der Waals surface area contributed by atoms with Gasteiger partial charge in [0.1, 0.15) is 18.2 Å². The zero-order valence-corrected chi connectivity index (χ0v) is 7.99. The second kappa shape index (κ2) is 5.37. The molecule has 0 amide bonds. The molecule has 78 valence electrons. The van der Waals surface area contributed by atoms with Gasteiger partial charge in [-0.1, -0.05) is 13.5 Å². The molecule has 0 aliphatic heterocycles. The van der Waals surface area contributed by atoms with Gasteiger partial charge in [-0.05, 0) is 0 Å². The van der Waals surface area contributed by atoms with Crippen molar-refractivity contribution in [1.82, 2.24) is 0 Å². The first-order valence-electron chi connectivity index (χ1n) is 3.97. The number of carbonyl (C=O) groups excluding carboxylic acids is 1. The third-order valence-corrected chi connectivity index (χ3v) is 1.70. The van der Waals surface area contributed by atoms with E-state index in [1.165, 1.54) is 0 Å². The van der Waals surface area contributed by atoms with Crippen LogP contribution in [0.3, 0.4) is 0 Å². The fourth-order valence-corrected chi connectivity index (χ4v) is 0.514. The van der Waals surface area contributed by atoms with Gasteiger partial charge in [0.2, 0.25) is 0 Å². The van der Waals surface area contributed by atoms with E-state index in [1.54, 1.807) is 13.0 Å². The average Bonchev–Trinajstić information content (AvgIpc) is 2.24. The van der Waals surface area contributed by atoms with E-state index >= 15 is 0 Å². The van der Waals surface area contributed by atoms with Crippen molar-refractivity contribution >= 4 is 5.97 Å². The third kappa shape index (κ3) is 3.56. The quantitative estimate of drug-likeness (QED) is 0.357. The summed E-state index contributed by atoms with van der Waals surface area (Å²) in [5.74, 6) is -0.833. The summed E-state index contributed by atoms with van der Waals surface area (Å²) in [4.78, 5) is 10.9. The highest BCUT2D eigenvalue weighted by Crippen LogP contribution is 2.14. The summed E-state index contributed by atoms with van der Waals surface area (Å²) in [6.07, 6.45) is 0. The lowest BCUT2D eigenvalue weighted by Crippen LogP contribution is -2.32. The number of ether oxygens (including phenoxy) is 1. The van der Waals surface area contributed by atoms with E-state index in [1.807, 2.05) is 0 Å². The molecule has 0 radical (unpaired) electrons. The summed E-state index contributed by atoms with van der Waals surface area (Å²) < 4.78 is 4.66. The van der Waals surface area contributed by atoms with Crippen molar-refractivity contribution in [2.45, 2.75) is 6.92 Å². The number of esters is 1. The molecule has 0 aromatic rings. The van der Waals surface area contributed by atoms with E-state index in [0.29, 0.717) is 0 Å². The minimum absolute atomic E-state index is 0.153. The van der Waals surface area contributed by atoms with Crippen molar-refractivity contribution in [3.63, 3.8) is 0 Å². The molecule has 5 heteroatoms. The van der Waals surface area contributed by atoms with Crippen LogP contribution in [-0.4, -0.2) is 36.0 Å². The molecule has 2 N–H and O–H groups in total. The largest absolute Gasteiger partial charge is 0.461 e. The maximum atomic E-state index is 10.9. The lowest BCUT2D eigenvalue weighted by atomic mass is 9.94. The van der Waals surface area contributed by atoms with Crippen LogP contribution in [0, 0.1) is 16.7 Å². The molecule has 14 heavy (non-hydrogen) atoms. The van der Waals surface area contributed by atoms with E-state index < -0.39 is 11.4 Å². The van der Waals surface area contributed by atoms with E-state index in [4.69, 9.17) is 15.5 Å². The van der Waals surface area contributed by atoms with Gasteiger partial charge in [-0.3, -0.25) is 0 Å². The number of hydrogen-bond donors (Lipinski definition) is 2. The lowest BCUT2D eigenvalue weighted by Gasteiger charge is -2.23. The summed E-state index contributed by atoms with van der Waals surface area (Å²) in [6, 6.07) is 1.54. The van der Waals surface area contributed by atoms with Gasteiger partial charge in [0.15, 0.2) is 0 Å². The molecule has 0 spiro atoms. The number of hydrogen-bond acceptors (Lipinski definition) is 5. The van der Waals surface area contributed by atoms with Crippen LogP contribution < -0.4 is 0 Å². The van der Waals surface area contributed by atoms with Gasteiger partial charge >= 0.3 is 5.97 Å². The molecule has 0 heterocycles. The number of aliphatic hydroxyl groups excluding tert-OH is 2. The first-order chi connectivity index (χ1) is 6.49. The van der Waals surface area contributed by atoms with E-state index in [9.17, 15) is 4.79 Å². The van der Waals surface area contributed by atoms with Crippen molar-refractivity contribution in [1.29, 1.82) is 5.26 Å². The minimum Gasteiger partial charge on any atom is -0.461 e. The number of aliphatic hydroxyl groups is 2. The molecular formula is C9H13NO4. The molecule has 0 aromatic heterocycles. The molecule has 0 saturated heterocycles. The molecule has 0 atom stereocenters. The zero-order chi connectivity index (χ0) is 11.2. The second-order valence-corrected chi connectivity index (χ2v) is 3.29. The summed E-state index contributed by atoms with van der Waals surface area (Å²) in [7, 11) is 0. The first-order valence-corrected chi connectivity index (χ1v) is 3.97. The molecule has 0 bridgehead atoms. The van der Waals surface area contributed by atoms with Crippen LogP contribution in [0.25, 0.3) is 0 Å². The van der Waals surface area contributed by atoms with Crippen molar-refractivity contribution < 1.29 is 19.7 Å². The van der Waals surface area contributed by atoms with Gasteiger partial charge in [0, 0.05) is 5.41 Å². The minimum atomic E-state index is -0.884. The maximum Gasteiger partial charge on any atom is 0.348 e. The number of rotatable bonds is 5. The second-order valence-electron chi connectivity index (χ2n) is 3.29. The lowest BCUT2D eigenvalue weighted by molar-refractivity contribution is -0.143. The summed E-state index contributed by atoms with van der Waals surface area (Å²) in [5, 5.41) is 26.0. The van der Waals surface area contributed by atoms with Gasteiger partial charge in [-0.2, -0.15) is 5.26 Å². The fraction of sp³-hybridized carbons (Fsp3) is 0.556. The van der Waals surface area contributed by atoms with Crippen molar-refractivity contribution in [2.75, 3.05) is 19.8 Å². The fourth-order valence-electron chi connectivity index (χ4n) is 0.514. The Balaban J connectivity index is 4.13. The van der Waals surface area contributed by atoms with Crippen molar-refractivity contribution in [3.05, 3.63) is 12.2 Å². The van der Waals surface area contributed by atoms with Gasteiger partial charge in [0.25, 0.3) is 0 Å². The van der Waals surface area contributed by atoms with Crippen LogP contribution >= 0.6 is 0 Å². The van der Waals surface area contributed by atoms with Crippen LogP contribution in [0.15, 0.2) is 12.2 Å². The van der Waals surface area contributed by atoms with Gasteiger partial charge in [-0.15, -0.1) is 0 Å². The van der Waals surface area contributed by atoms with Crippen molar-refractivity contribution in [3.8, 4) is 6.07 Å². The van der Waals surface area contributed by atoms with Gasteiger partial charge in [-0.25, -0.2) is 4.79 Å². The SMILES string of the molecule is C=C(C#N)C(=O)OCC(C)(CO)CO. The molecule has 0 aliphatic carbocycles. The monoisotopic (exact) mass is 199 g/mol. The predicted octanol–water partition coefficient (Wildman–Crippen LogP) is -0.400. The summed E-state index contributed by atoms with van der Waals surface area (Å²) in [6.45, 7) is 3.94. The molecule has 0 unspecified atom stereocenters. The molecule has 0 aromatic carbocycles. The van der Waals surface area contributed by atoms with Crippen LogP contribution in [0.4, 0.5) is 0 Å². The van der Waals surface area contributed by atoms with Crippen molar-refractivity contribution in [2.24, 2.45) is 5.41 Å². The summed E-state index contributed by atoms with van der Waals surface area (Å²) in [5.41, 5.74) is -1.19. The number of nitriles is 1. The highest BCUT2D eigenvalue weighted by molar-refractivity contribution is 5.91. The zero-order valence-electron chi connectivity index (χ0n) is 7.99. The Morgan fingerprint density at radius 3 is 2.43 bits per heavy atom.